The van der Waals surface area contributed by atoms with E-state index in [-0.39, 0.29) is 12.6 Å². The summed E-state index contributed by atoms with van der Waals surface area (Å²) in [7, 11) is 0. The van der Waals surface area contributed by atoms with Gasteiger partial charge in [0.05, 0.1) is 6.61 Å². The lowest BCUT2D eigenvalue weighted by Crippen LogP contribution is -2.34. The van der Waals surface area contributed by atoms with E-state index < -0.39 is 0 Å². The fourth-order valence-electron chi connectivity index (χ4n) is 2.32. The Morgan fingerprint density at radius 1 is 1.47 bits per heavy atom. The lowest BCUT2D eigenvalue weighted by atomic mass is 9.87. The molecule has 82 valence electrons. The number of aliphatic hydroxyl groups excluding tert-OH is 1. The molecule has 2 atom stereocenters. The molecule has 0 radical (unpaired) electrons. The first-order valence-electron chi connectivity index (χ1n) is 5.76. The SMILES string of the molecule is C[C@@H](CO)NC1CCCc2ccccc21. The predicted molar refractivity (Wildman–Crippen MR) is 61.8 cm³/mol. The van der Waals surface area contributed by atoms with E-state index in [0.29, 0.717) is 6.04 Å². The van der Waals surface area contributed by atoms with Crippen LogP contribution in [0.25, 0.3) is 0 Å². The van der Waals surface area contributed by atoms with Gasteiger partial charge in [0.15, 0.2) is 0 Å². The van der Waals surface area contributed by atoms with Crippen LogP contribution >= 0.6 is 0 Å². The lowest BCUT2D eigenvalue weighted by Gasteiger charge is -2.28. The summed E-state index contributed by atoms with van der Waals surface area (Å²) in [6.45, 7) is 2.23. The number of benzene rings is 1. The number of rotatable bonds is 3. The largest absolute Gasteiger partial charge is 0.395 e. The Morgan fingerprint density at radius 3 is 3.07 bits per heavy atom. The molecule has 0 aromatic heterocycles. The summed E-state index contributed by atoms with van der Waals surface area (Å²) in [6, 6.07) is 9.24. The van der Waals surface area contributed by atoms with Gasteiger partial charge in [0.25, 0.3) is 0 Å². The fraction of sp³-hybridized carbons (Fsp3) is 0.538. The minimum Gasteiger partial charge on any atom is -0.395 e. The van der Waals surface area contributed by atoms with Crippen LogP contribution in [0.2, 0.25) is 0 Å². The van der Waals surface area contributed by atoms with Gasteiger partial charge in [-0.2, -0.15) is 0 Å². The molecule has 0 bridgehead atoms. The third-order valence-corrected chi connectivity index (χ3v) is 3.13. The van der Waals surface area contributed by atoms with E-state index >= 15 is 0 Å². The summed E-state index contributed by atoms with van der Waals surface area (Å²) in [4.78, 5) is 0. The van der Waals surface area contributed by atoms with Gasteiger partial charge < -0.3 is 10.4 Å². The summed E-state index contributed by atoms with van der Waals surface area (Å²) >= 11 is 0. The fourth-order valence-corrected chi connectivity index (χ4v) is 2.32. The second-order valence-electron chi connectivity index (χ2n) is 4.39. The molecule has 1 unspecified atom stereocenters. The topological polar surface area (TPSA) is 32.3 Å². The number of aryl methyl sites for hydroxylation is 1. The van der Waals surface area contributed by atoms with Crippen molar-refractivity contribution in [1.29, 1.82) is 0 Å². The first kappa shape index (κ1) is 10.7. The summed E-state index contributed by atoms with van der Waals surface area (Å²) in [5.41, 5.74) is 2.88. The van der Waals surface area contributed by atoms with Crippen molar-refractivity contribution in [3.05, 3.63) is 35.4 Å². The third-order valence-electron chi connectivity index (χ3n) is 3.13. The Labute approximate surface area is 91.3 Å². The van der Waals surface area contributed by atoms with Gasteiger partial charge in [-0.15, -0.1) is 0 Å². The summed E-state index contributed by atoms with van der Waals surface area (Å²) in [6.07, 6.45) is 3.62. The standard InChI is InChI=1S/C13H19NO/c1-10(9-15)14-13-8-4-6-11-5-2-3-7-12(11)13/h2-3,5,7,10,13-15H,4,6,8-9H2,1H3/t10-,13?/m0/s1. The average molecular weight is 205 g/mol. The van der Waals surface area contributed by atoms with Crippen molar-refractivity contribution in [3.63, 3.8) is 0 Å². The zero-order valence-electron chi connectivity index (χ0n) is 9.24. The molecule has 0 spiro atoms. The molecule has 2 N–H and O–H groups in total. The highest BCUT2D eigenvalue weighted by Crippen LogP contribution is 2.29. The summed E-state index contributed by atoms with van der Waals surface area (Å²) in [5, 5.41) is 12.5. The Kier molecular flexibility index (Phi) is 3.39. The van der Waals surface area contributed by atoms with Crippen molar-refractivity contribution < 1.29 is 5.11 Å². The van der Waals surface area contributed by atoms with Crippen molar-refractivity contribution in [2.24, 2.45) is 0 Å². The zero-order chi connectivity index (χ0) is 10.7. The predicted octanol–water partition coefficient (Wildman–Crippen LogP) is 2.03. The van der Waals surface area contributed by atoms with Crippen LogP contribution in [0.15, 0.2) is 24.3 Å². The Bertz CT molecular complexity index is 324. The monoisotopic (exact) mass is 205 g/mol. The molecule has 1 aromatic carbocycles. The van der Waals surface area contributed by atoms with Crippen LogP contribution in [0.5, 0.6) is 0 Å². The molecule has 15 heavy (non-hydrogen) atoms. The van der Waals surface area contributed by atoms with E-state index in [4.69, 9.17) is 5.11 Å². The molecule has 2 rings (SSSR count). The zero-order valence-corrected chi connectivity index (χ0v) is 9.24. The van der Waals surface area contributed by atoms with E-state index in [1.54, 1.807) is 0 Å². The van der Waals surface area contributed by atoms with Crippen LogP contribution in [0.3, 0.4) is 0 Å². The van der Waals surface area contributed by atoms with Gasteiger partial charge in [-0.05, 0) is 37.3 Å². The van der Waals surface area contributed by atoms with Gasteiger partial charge in [0.2, 0.25) is 0 Å². The van der Waals surface area contributed by atoms with Gasteiger partial charge in [0.1, 0.15) is 0 Å². The minimum atomic E-state index is 0.182. The van der Waals surface area contributed by atoms with E-state index in [1.807, 2.05) is 6.92 Å². The number of aliphatic hydroxyl groups is 1. The van der Waals surface area contributed by atoms with Crippen molar-refractivity contribution in [2.45, 2.75) is 38.3 Å². The van der Waals surface area contributed by atoms with Crippen molar-refractivity contribution >= 4 is 0 Å². The average Bonchev–Trinajstić information content (AvgIpc) is 2.29. The molecule has 0 amide bonds. The van der Waals surface area contributed by atoms with Crippen molar-refractivity contribution in [1.82, 2.24) is 5.32 Å². The normalized spacial score (nSPS) is 22.1. The third kappa shape index (κ3) is 2.39. The Morgan fingerprint density at radius 2 is 2.27 bits per heavy atom. The maximum Gasteiger partial charge on any atom is 0.0582 e. The molecule has 1 aliphatic carbocycles. The van der Waals surface area contributed by atoms with Crippen LogP contribution in [-0.2, 0) is 6.42 Å². The van der Waals surface area contributed by atoms with Gasteiger partial charge in [-0.3, -0.25) is 0 Å². The lowest BCUT2D eigenvalue weighted by molar-refractivity contribution is 0.236. The van der Waals surface area contributed by atoms with Gasteiger partial charge in [-0.25, -0.2) is 0 Å². The maximum atomic E-state index is 9.05. The van der Waals surface area contributed by atoms with E-state index in [1.165, 1.54) is 30.4 Å². The van der Waals surface area contributed by atoms with Crippen LogP contribution in [0.4, 0.5) is 0 Å². The molecule has 0 fully saturated rings. The smallest absolute Gasteiger partial charge is 0.0582 e. The highest BCUT2D eigenvalue weighted by molar-refractivity contribution is 5.32. The highest BCUT2D eigenvalue weighted by atomic mass is 16.3. The van der Waals surface area contributed by atoms with E-state index in [2.05, 4.69) is 29.6 Å². The molecular weight excluding hydrogens is 186 g/mol. The quantitative estimate of drug-likeness (QED) is 0.791. The van der Waals surface area contributed by atoms with Crippen LogP contribution in [0.1, 0.15) is 36.9 Å². The van der Waals surface area contributed by atoms with E-state index in [0.717, 1.165) is 0 Å². The van der Waals surface area contributed by atoms with Crippen LogP contribution in [0, 0.1) is 0 Å². The summed E-state index contributed by atoms with van der Waals surface area (Å²) in [5.74, 6) is 0. The highest BCUT2D eigenvalue weighted by Gasteiger charge is 2.20. The first-order valence-corrected chi connectivity index (χ1v) is 5.76. The van der Waals surface area contributed by atoms with Crippen molar-refractivity contribution in [3.8, 4) is 0 Å². The van der Waals surface area contributed by atoms with Crippen molar-refractivity contribution in [2.75, 3.05) is 6.61 Å². The number of fused-ring (bicyclic) bond motifs is 1. The van der Waals surface area contributed by atoms with Crippen LogP contribution < -0.4 is 5.32 Å². The molecule has 1 aliphatic rings. The molecule has 0 aliphatic heterocycles. The Balaban J connectivity index is 2.15. The van der Waals surface area contributed by atoms with Gasteiger partial charge in [0, 0.05) is 12.1 Å². The molecule has 2 nitrogen and oxygen atoms in total. The van der Waals surface area contributed by atoms with Gasteiger partial charge >= 0.3 is 0 Å². The molecule has 2 heteroatoms. The van der Waals surface area contributed by atoms with E-state index in [9.17, 15) is 0 Å². The molecule has 0 saturated carbocycles. The number of nitrogens with one attached hydrogen (secondary N) is 1. The molecule has 1 aromatic rings. The molecule has 0 heterocycles. The van der Waals surface area contributed by atoms with Gasteiger partial charge in [-0.1, -0.05) is 24.3 Å². The summed E-state index contributed by atoms with van der Waals surface area (Å²) < 4.78 is 0. The Hall–Kier alpha value is -0.860. The molecular formula is C13H19NO. The minimum absolute atomic E-state index is 0.182. The second kappa shape index (κ2) is 4.77. The second-order valence-corrected chi connectivity index (χ2v) is 4.39. The first-order chi connectivity index (χ1) is 7.31. The number of hydrogen-bond acceptors (Lipinski definition) is 2. The molecule has 0 saturated heterocycles. The number of hydrogen-bond donors (Lipinski definition) is 2. The van der Waals surface area contributed by atoms with Crippen LogP contribution in [-0.4, -0.2) is 17.8 Å². The maximum absolute atomic E-state index is 9.05.